The van der Waals surface area contributed by atoms with Gasteiger partial charge in [-0.1, -0.05) is 88.4 Å². The molecule has 0 bridgehead atoms. The van der Waals surface area contributed by atoms with Gasteiger partial charge in [0, 0.05) is 35.5 Å². The third-order valence-electron chi connectivity index (χ3n) is 5.71. The zero-order valence-corrected chi connectivity index (χ0v) is 16.1. The normalized spacial score (nSPS) is 25.2. The predicted molar refractivity (Wildman–Crippen MR) is 105 cm³/mol. The number of benzene rings is 2. The second-order valence-electron chi connectivity index (χ2n) is 8.04. The molecule has 0 saturated heterocycles. The van der Waals surface area contributed by atoms with E-state index in [1.165, 1.54) is 0 Å². The van der Waals surface area contributed by atoms with Gasteiger partial charge in [0.2, 0.25) is 0 Å². The summed E-state index contributed by atoms with van der Waals surface area (Å²) < 4.78 is 0. The van der Waals surface area contributed by atoms with Crippen LogP contribution in [0.1, 0.15) is 50.7 Å². The van der Waals surface area contributed by atoms with E-state index in [9.17, 15) is 9.59 Å². The molecule has 0 heterocycles. The summed E-state index contributed by atoms with van der Waals surface area (Å²) in [5, 5.41) is 0. The van der Waals surface area contributed by atoms with Gasteiger partial charge in [-0.2, -0.15) is 0 Å². The van der Waals surface area contributed by atoms with Gasteiger partial charge in [0.15, 0.2) is 0 Å². The first-order valence-electron chi connectivity index (χ1n) is 9.60. The lowest BCUT2D eigenvalue weighted by Gasteiger charge is -2.52. The monoisotopic (exact) mass is 348 g/mol. The number of carbonyl (C=O) groups is 2. The standard InChI is InChI=1S/C24H28O2/c1-15(2)23(25)21-19(17-11-7-5-8-12-17)20(18-13-9-6-10-14-18)22(21)24(26)16(3)4/h5-16,19-22H,1-4H3/t19-,20-,21-,22-/m0/s1. The van der Waals surface area contributed by atoms with Crippen molar-refractivity contribution in [2.24, 2.45) is 23.7 Å². The van der Waals surface area contributed by atoms with Gasteiger partial charge in [-0.15, -0.1) is 0 Å². The molecular weight excluding hydrogens is 320 g/mol. The van der Waals surface area contributed by atoms with Crippen molar-refractivity contribution >= 4 is 11.6 Å². The Morgan fingerprint density at radius 2 is 0.923 bits per heavy atom. The van der Waals surface area contributed by atoms with Crippen molar-refractivity contribution in [3.63, 3.8) is 0 Å². The molecule has 26 heavy (non-hydrogen) atoms. The Morgan fingerprint density at radius 3 is 1.19 bits per heavy atom. The Kier molecular flexibility index (Phi) is 5.41. The quantitative estimate of drug-likeness (QED) is 0.714. The average Bonchev–Trinajstić information content (AvgIpc) is 2.62. The molecule has 0 aromatic heterocycles. The number of rotatable bonds is 6. The number of ketones is 2. The maximum atomic E-state index is 13.1. The summed E-state index contributed by atoms with van der Waals surface area (Å²) in [5.74, 6) is -0.0109. The van der Waals surface area contributed by atoms with Gasteiger partial charge >= 0.3 is 0 Å². The van der Waals surface area contributed by atoms with E-state index in [2.05, 4.69) is 24.3 Å². The van der Waals surface area contributed by atoms with Crippen LogP contribution in [-0.4, -0.2) is 11.6 Å². The molecule has 0 radical (unpaired) electrons. The topological polar surface area (TPSA) is 34.1 Å². The number of Topliss-reactive ketones (excluding diaryl/α,β-unsaturated/α-hetero) is 2. The van der Waals surface area contributed by atoms with Crippen LogP contribution in [0.2, 0.25) is 0 Å². The van der Waals surface area contributed by atoms with Crippen LogP contribution in [0.5, 0.6) is 0 Å². The summed E-state index contributed by atoms with van der Waals surface area (Å²) in [6.07, 6.45) is 0. The van der Waals surface area contributed by atoms with E-state index in [4.69, 9.17) is 0 Å². The lowest BCUT2D eigenvalue weighted by molar-refractivity contribution is -0.145. The van der Waals surface area contributed by atoms with E-state index >= 15 is 0 Å². The highest BCUT2D eigenvalue weighted by atomic mass is 16.1. The molecule has 2 aromatic rings. The van der Waals surface area contributed by atoms with Crippen molar-refractivity contribution in [2.75, 3.05) is 0 Å². The molecule has 136 valence electrons. The predicted octanol–water partition coefficient (Wildman–Crippen LogP) is 5.25. The summed E-state index contributed by atoms with van der Waals surface area (Å²) in [6, 6.07) is 20.4. The highest BCUT2D eigenvalue weighted by Gasteiger charge is 2.57. The third kappa shape index (κ3) is 3.25. The molecule has 2 nitrogen and oxygen atoms in total. The van der Waals surface area contributed by atoms with Crippen LogP contribution in [0.3, 0.4) is 0 Å². The van der Waals surface area contributed by atoms with Crippen LogP contribution in [-0.2, 0) is 9.59 Å². The van der Waals surface area contributed by atoms with Crippen molar-refractivity contribution in [3.05, 3.63) is 71.8 Å². The largest absolute Gasteiger partial charge is 0.299 e. The van der Waals surface area contributed by atoms with Gasteiger partial charge in [0.05, 0.1) is 0 Å². The number of hydrogen-bond acceptors (Lipinski definition) is 2. The van der Waals surface area contributed by atoms with Crippen LogP contribution in [0, 0.1) is 23.7 Å². The molecule has 2 aromatic carbocycles. The average molecular weight is 348 g/mol. The molecule has 4 atom stereocenters. The fourth-order valence-corrected chi connectivity index (χ4v) is 4.41. The zero-order chi connectivity index (χ0) is 18.8. The molecule has 0 unspecified atom stereocenters. The summed E-state index contributed by atoms with van der Waals surface area (Å²) >= 11 is 0. The Hall–Kier alpha value is -2.22. The maximum Gasteiger partial charge on any atom is 0.139 e. The van der Waals surface area contributed by atoms with Crippen molar-refractivity contribution in [2.45, 2.75) is 39.5 Å². The molecule has 1 saturated carbocycles. The minimum Gasteiger partial charge on any atom is -0.299 e. The Morgan fingerprint density at radius 1 is 0.615 bits per heavy atom. The molecule has 1 fully saturated rings. The SMILES string of the molecule is CC(C)C(=O)[C@@H]1[C@@H](C(=O)C(C)C)[C@@H](c2ccccc2)[C@@H]1c1ccccc1. The molecule has 0 aliphatic heterocycles. The van der Waals surface area contributed by atoms with E-state index < -0.39 is 0 Å². The minimum absolute atomic E-state index is 0.0644. The first-order valence-corrected chi connectivity index (χ1v) is 9.60. The first-order chi connectivity index (χ1) is 12.4. The van der Waals surface area contributed by atoms with Crippen molar-refractivity contribution in [3.8, 4) is 0 Å². The van der Waals surface area contributed by atoms with E-state index in [0.29, 0.717) is 0 Å². The van der Waals surface area contributed by atoms with E-state index in [-0.39, 0.29) is 47.1 Å². The van der Waals surface area contributed by atoms with Gasteiger partial charge in [-0.25, -0.2) is 0 Å². The van der Waals surface area contributed by atoms with Crippen LogP contribution < -0.4 is 0 Å². The third-order valence-corrected chi connectivity index (χ3v) is 5.71. The van der Waals surface area contributed by atoms with E-state index in [1.54, 1.807) is 0 Å². The summed E-state index contributed by atoms with van der Waals surface area (Å²) in [7, 11) is 0. The first kappa shape index (κ1) is 18.6. The van der Waals surface area contributed by atoms with Crippen molar-refractivity contribution in [1.29, 1.82) is 0 Å². The highest BCUT2D eigenvalue weighted by Crippen LogP contribution is 2.59. The molecule has 1 aliphatic carbocycles. The number of hydrogen-bond donors (Lipinski definition) is 0. The molecule has 0 N–H and O–H groups in total. The van der Waals surface area contributed by atoms with Gasteiger partial charge in [-0.05, 0) is 11.1 Å². The molecule has 1 aliphatic rings. The van der Waals surface area contributed by atoms with Crippen molar-refractivity contribution < 1.29 is 9.59 Å². The smallest absolute Gasteiger partial charge is 0.139 e. The van der Waals surface area contributed by atoms with E-state index in [0.717, 1.165) is 11.1 Å². The van der Waals surface area contributed by atoms with Crippen LogP contribution in [0.15, 0.2) is 60.7 Å². The molecule has 0 amide bonds. The van der Waals surface area contributed by atoms with Gasteiger partial charge in [0.25, 0.3) is 0 Å². The van der Waals surface area contributed by atoms with Gasteiger partial charge in [0.1, 0.15) is 11.6 Å². The van der Waals surface area contributed by atoms with Crippen LogP contribution in [0.4, 0.5) is 0 Å². The van der Waals surface area contributed by atoms with Gasteiger partial charge in [-0.3, -0.25) is 9.59 Å². The zero-order valence-electron chi connectivity index (χ0n) is 16.1. The van der Waals surface area contributed by atoms with Crippen LogP contribution >= 0.6 is 0 Å². The minimum atomic E-state index is -0.225. The fraction of sp³-hybridized carbons (Fsp3) is 0.417. The van der Waals surface area contributed by atoms with Gasteiger partial charge < -0.3 is 0 Å². The number of carbonyl (C=O) groups excluding carboxylic acids is 2. The molecule has 3 rings (SSSR count). The lowest BCUT2D eigenvalue weighted by atomic mass is 9.49. The Balaban J connectivity index is 2.10. The van der Waals surface area contributed by atoms with E-state index in [1.807, 2.05) is 64.1 Å². The lowest BCUT2D eigenvalue weighted by Crippen LogP contribution is -2.53. The molecule has 2 heteroatoms. The van der Waals surface area contributed by atoms with Crippen LogP contribution in [0.25, 0.3) is 0 Å². The Bertz CT molecular complexity index is 694. The van der Waals surface area contributed by atoms with Crippen molar-refractivity contribution in [1.82, 2.24) is 0 Å². The summed E-state index contributed by atoms with van der Waals surface area (Å²) in [4.78, 5) is 26.1. The molecular formula is C24H28O2. The summed E-state index contributed by atoms with van der Waals surface area (Å²) in [5.41, 5.74) is 2.32. The second-order valence-corrected chi connectivity index (χ2v) is 8.04. The molecule has 0 spiro atoms. The Labute approximate surface area is 156 Å². The highest BCUT2D eigenvalue weighted by molar-refractivity contribution is 5.95. The fourth-order valence-electron chi connectivity index (χ4n) is 4.41. The summed E-state index contributed by atoms with van der Waals surface area (Å²) in [6.45, 7) is 7.77. The second kappa shape index (κ2) is 7.57. The maximum absolute atomic E-state index is 13.1.